The molecule has 0 saturated heterocycles. The average molecular weight is 248 g/mol. The smallest absolute Gasteiger partial charge is 0.220 e. The fourth-order valence-electron chi connectivity index (χ4n) is 1.75. The van der Waals surface area contributed by atoms with E-state index in [0.717, 1.165) is 11.5 Å². The van der Waals surface area contributed by atoms with Gasteiger partial charge >= 0.3 is 0 Å². The van der Waals surface area contributed by atoms with E-state index in [-0.39, 0.29) is 5.91 Å². The molecule has 18 heavy (non-hydrogen) atoms. The molecule has 1 amide bonds. The summed E-state index contributed by atoms with van der Waals surface area (Å²) >= 11 is 0. The maximum Gasteiger partial charge on any atom is 0.220 e. The summed E-state index contributed by atoms with van der Waals surface area (Å²) in [7, 11) is 3.88. The molecule has 2 rings (SSSR count). The second kappa shape index (κ2) is 5.33. The molecule has 0 spiro atoms. The molecule has 0 bridgehead atoms. The molecule has 1 fully saturated rings. The van der Waals surface area contributed by atoms with Crippen LogP contribution < -0.4 is 10.2 Å². The topological polar surface area (TPSA) is 58.1 Å². The minimum absolute atomic E-state index is 0.106. The zero-order valence-electron chi connectivity index (χ0n) is 11.2. The third-order valence-electron chi connectivity index (χ3n) is 2.96. The molecule has 0 atom stereocenters. The second-order valence-electron chi connectivity index (χ2n) is 5.10. The summed E-state index contributed by atoms with van der Waals surface area (Å²) in [5, 5.41) is 2.88. The van der Waals surface area contributed by atoms with Crippen LogP contribution in [-0.2, 0) is 11.3 Å². The molecule has 1 heterocycles. The Kier molecular flexibility index (Phi) is 3.79. The first kappa shape index (κ1) is 12.8. The second-order valence-corrected chi connectivity index (χ2v) is 5.10. The molecular formula is C13H20N4O. The van der Waals surface area contributed by atoms with Crippen LogP contribution in [0.15, 0.2) is 6.07 Å². The van der Waals surface area contributed by atoms with Gasteiger partial charge in [-0.3, -0.25) is 4.79 Å². The average Bonchev–Trinajstić information content (AvgIpc) is 3.09. The summed E-state index contributed by atoms with van der Waals surface area (Å²) in [5.74, 6) is 2.26. The van der Waals surface area contributed by atoms with Crippen LogP contribution in [0.5, 0.6) is 0 Å². The SMILES string of the molecule is Cc1cc(N(C)C)nc(CNC(=O)CC2CC2)n1. The standard InChI is InChI=1S/C13H20N4O/c1-9-6-12(17(2)3)16-11(15-9)8-14-13(18)7-10-4-5-10/h6,10H,4-5,7-8H2,1-3H3,(H,14,18). The van der Waals surface area contributed by atoms with Gasteiger partial charge in [0.05, 0.1) is 6.54 Å². The number of carbonyl (C=O) groups excluding carboxylic acids is 1. The maximum absolute atomic E-state index is 11.6. The summed E-state index contributed by atoms with van der Waals surface area (Å²) < 4.78 is 0. The molecule has 98 valence electrons. The summed E-state index contributed by atoms with van der Waals surface area (Å²) in [4.78, 5) is 22.3. The van der Waals surface area contributed by atoms with Crippen molar-refractivity contribution in [3.63, 3.8) is 0 Å². The van der Waals surface area contributed by atoms with Crippen molar-refractivity contribution in [2.45, 2.75) is 32.7 Å². The van der Waals surface area contributed by atoms with Crippen molar-refractivity contribution in [2.75, 3.05) is 19.0 Å². The van der Waals surface area contributed by atoms with Crippen LogP contribution in [0.2, 0.25) is 0 Å². The van der Waals surface area contributed by atoms with Crippen LogP contribution >= 0.6 is 0 Å². The van der Waals surface area contributed by atoms with E-state index >= 15 is 0 Å². The van der Waals surface area contributed by atoms with Crippen molar-refractivity contribution in [1.29, 1.82) is 0 Å². The Labute approximate surface area is 108 Å². The summed E-state index contributed by atoms with van der Waals surface area (Å²) in [5.41, 5.74) is 0.917. The lowest BCUT2D eigenvalue weighted by Crippen LogP contribution is -2.24. The maximum atomic E-state index is 11.6. The van der Waals surface area contributed by atoms with E-state index in [9.17, 15) is 4.79 Å². The summed E-state index contributed by atoms with van der Waals surface area (Å²) in [6.07, 6.45) is 3.03. The van der Waals surface area contributed by atoms with E-state index in [2.05, 4.69) is 15.3 Å². The number of hydrogen-bond acceptors (Lipinski definition) is 4. The van der Waals surface area contributed by atoms with Gasteiger partial charge in [0, 0.05) is 32.3 Å². The zero-order valence-corrected chi connectivity index (χ0v) is 11.2. The molecule has 0 unspecified atom stereocenters. The number of amides is 1. The Morgan fingerprint density at radius 1 is 1.44 bits per heavy atom. The highest BCUT2D eigenvalue weighted by molar-refractivity contribution is 5.76. The van der Waals surface area contributed by atoms with Gasteiger partial charge in [0.2, 0.25) is 5.91 Å². The van der Waals surface area contributed by atoms with Gasteiger partial charge in [-0.15, -0.1) is 0 Å². The summed E-state index contributed by atoms with van der Waals surface area (Å²) in [6.45, 7) is 2.35. The van der Waals surface area contributed by atoms with Gasteiger partial charge in [-0.05, 0) is 25.7 Å². The Balaban J connectivity index is 1.93. The minimum atomic E-state index is 0.106. The van der Waals surface area contributed by atoms with Gasteiger partial charge in [0.25, 0.3) is 0 Å². The van der Waals surface area contributed by atoms with E-state index in [1.807, 2.05) is 32.0 Å². The number of nitrogens with one attached hydrogen (secondary N) is 1. The summed E-state index contributed by atoms with van der Waals surface area (Å²) in [6, 6.07) is 1.93. The van der Waals surface area contributed by atoms with Crippen molar-refractivity contribution in [3.05, 3.63) is 17.6 Å². The fourth-order valence-corrected chi connectivity index (χ4v) is 1.75. The predicted octanol–water partition coefficient (Wildman–Crippen LogP) is 1.27. The first-order valence-corrected chi connectivity index (χ1v) is 6.33. The lowest BCUT2D eigenvalue weighted by atomic mass is 10.3. The highest BCUT2D eigenvalue weighted by Crippen LogP contribution is 2.32. The van der Waals surface area contributed by atoms with Crippen molar-refractivity contribution >= 4 is 11.7 Å². The van der Waals surface area contributed by atoms with Crippen molar-refractivity contribution in [3.8, 4) is 0 Å². The number of aromatic nitrogens is 2. The lowest BCUT2D eigenvalue weighted by molar-refractivity contribution is -0.121. The van der Waals surface area contributed by atoms with Gasteiger partial charge in [-0.25, -0.2) is 9.97 Å². The highest BCUT2D eigenvalue weighted by atomic mass is 16.1. The third kappa shape index (κ3) is 3.68. The number of hydrogen-bond donors (Lipinski definition) is 1. The van der Waals surface area contributed by atoms with Gasteiger partial charge in [-0.2, -0.15) is 0 Å². The van der Waals surface area contributed by atoms with Crippen LogP contribution in [0.4, 0.5) is 5.82 Å². The van der Waals surface area contributed by atoms with E-state index in [1.54, 1.807) is 0 Å². The molecule has 1 aliphatic rings. The van der Waals surface area contributed by atoms with E-state index < -0.39 is 0 Å². The Morgan fingerprint density at radius 2 is 2.17 bits per heavy atom. The van der Waals surface area contributed by atoms with Crippen molar-refractivity contribution < 1.29 is 4.79 Å². The van der Waals surface area contributed by atoms with Crippen molar-refractivity contribution in [1.82, 2.24) is 15.3 Å². The predicted molar refractivity (Wildman–Crippen MR) is 70.3 cm³/mol. The number of carbonyl (C=O) groups is 1. The lowest BCUT2D eigenvalue weighted by Gasteiger charge is -2.13. The molecule has 5 heteroatoms. The quantitative estimate of drug-likeness (QED) is 0.852. The van der Waals surface area contributed by atoms with Crippen molar-refractivity contribution in [2.24, 2.45) is 5.92 Å². The van der Waals surface area contributed by atoms with Gasteiger partial charge < -0.3 is 10.2 Å². The Morgan fingerprint density at radius 3 is 2.78 bits per heavy atom. The highest BCUT2D eigenvalue weighted by Gasteiger charge is 2.24. The number of nitrogens with zero attached hydrogens (tertiary/aromatic N) is 3. The van der Waals surface area contributed by atoms with Gasteiger partial charge in [0.1, 0.15) is 11.6 Å². The number of aryl methyl sites for hydroxylation is 1. The van der Waals surface area contributed by atoms with E-state index in [4.69, 9.17) is 0 Å². The molecule has 5 nitrogen and oxygen atoms in total. The largest absolute Gasteiger partial charge is 0.363 e. The molecule has 1 aromatic heterocycles. The van der Waals surface area contributed by atoms with Crippen LogP contribution in [0.1, 0.15) is 30.8 Å². The fraction of sp³-hybridized carbons (Fsp3) is 0.615. The van der Waals surface area contributed by atoms with E-state index in [0.29, 0.717) is 24.7 Å². The molecule has 1 N–H and O–H groups in total. The third-order valence-corrected chi connectivity index (χ3v) is 2.96. The van der Waals surface area contributed by atoms with Crippen LogP contribution in [0.3, 0.4) is 0 Å². The molecule has 1 aromatic rings. The van der Waals surface area contributed by atoms with Crippen LogP contribution in [0.25, 0.3) is 0 Å². The van der Waals surface area contributed by atoms with Gasteiger partial charge in [-0.1, -0.05) is 0 Å². The number of anilines is 1. The minimum Gasteiger partial charge on any atom is -0.363 e. The molecule has 0 radical (unpaired) electrons. The van der Waals surface area contributed by atoms with Crippen LogP contribution in [0, 0.1) is 12.8 Å². The zero-order chi connectivity index (χ0) is 13.1. The molecule has 0 aromatic carbocycles. The normalized spacial score (nSPS) is 14.4. The Bertz CT molecular complexity index is 441. The molecular weight excluding hydrogens is 228 g/mol. The first-order chi connectivity index (χ1) is 8.54. The van der Waals surface area contributed by atoms with Gasteiger partial charge in [0.15, 0.2) is 0 Å². The van der Waals surface area contributed by atoms with Crippen LogP contribution in [-0.4, -0.2) is 30.0 Å². The molecule has 1 aliphatic carbocycles. The Hall–Kier alpha value is -1.65. The monoisotopic (exact) mass is 248 g/mol. The van der Waals surface area contributed by atoms with E-state index in [1.165, 1.54) is 12.8 Å². The molecule has 1 saturated carbocycles. The first-order valence-electron chi connectivity index (χ1n) is 6.33. The molecule has 0 aliphatic heterocycles. The number of rotatable bonds is 5.